The average Bonchev–Trinajstić information content (AvgIpc) is 3.33. The van der Waals surface area contributed by atoms with E-state index in [9.17, 15) is 0 Å². The van der Waals surface area contributed by atoms with Crippen molar-refractivity contribution in [1.29, 1.82) is 0 Å². The minimum absolute atomic E-state index is 0.409. The van der Waals surface area contributed by atoms with E-state index in [0.29, 0.717) is 6.10 Å². The zero-order valence-corrected chi connectivity index (χ0v) is 12.6. The van der Waals surface area contributed by atoms with E-state index in [2.05, 4.69) is 26.0 Å². The number of hydrogen-bond donors (Lipinski definition) is 0. The lowest BCUT2D eigenvalue weighted by Crippen LogP contribution is -1.75. The lowest BCUT2D eigenvalue weighted by molar-refractivity contribution is 0.398. The van der Waals surface area contributed by atoms with Crippen molar-refractivity contribution in [2.45, 2.75) is 45.6 Å². The van der Waals surface area contributed by atoms with Gasteiger partial charge in [0.2, 0.25) is 0 Å². The largest absolute Gasteiger partial charge is 0.473 e. The molecule has 2 nitrogen and oxygen atoms in total. The van der Waals surface area contributed by atoms with Crippen molar-refractivity contribution in [2.75, 3.05) is 6.61 Å². The molecule has 1 atom stereocenters. The highest BCUT2D eigenvalue weighted by molar-refractivity contribution is 5.19. The maximum atomic E-state index is 5.09. The van der Waals surface area contributed by atoms with Gasteiger partial charge in [-0.2, -0.15) is 0 Å². The van der Waals surface area contributed by atoms with Gasteiger partial charge in [-0.25, -0.2) is 0 Å². The van der Waals surface area contributed by atoms with Gasteiger partial charge in [-0.1, -0.05) is 57.0 Å². The number of ether oxygens (including phenoxy) is 2. The molecule has 1 aliphatic heterocycles. The van der Waals surface area contributed by atoms with Crippen LogP contribution in [0.2, 0.25) is 0 Å². The van der Waals surface area contributed by atoms with Gasteiger partial charge in [0.15, 0.2) is 0 Å². The highest BCUT2D eigenvalue weighted by atomic mass is 16.6. The maximum Gasteiger partial charge on any atom is 0.106 e. The Bertz CT molecular complexity index is 364. The molecule has 1 heterocycles. The van der Waals surface area contributed by atoms with Crippen molar-refractivity contribution in [3.63, 3.8) is 0 Å². The molecule has 20 heavy (non-hydrogen) atoms. The van der Waals surface area contributed by atoms with Gasteiger partial charge < -0.3 is 9.47 Å². The summed E-state index contributed by atoms with van der Waals surface area (Å²) in [6.45, 7) is 5.21. The fourth-order valence-corrected chi connectivity index (χ4v) is 1.53. The van der Waals surface area contributed by atoms with Crippen molar-refractivity contribution in [2.24, 2.45) is 0 Å². The zero-order valence-electron chi connectivity index (χ0n) is 12.6. The van der Waals surface area contributed by atoms with E-state index < -0.39 is 0 Å². The molecule has 0 aromatic heterocycles. The standard InChI is InChI=1S/C10H18O.C8H8O/c1-3-5-7-9-11-10-8-6-4-2;1-2-4-7(5-3-1)8-6-9-8/h7-10H,3-6H2,1-2H3;1-5,8H,6H2. The zero-order chi connectivity index (χ0) is 14.5. The second-order valence-corrected chi connectivity index (χ2v) is 4.69. The second kappa shape index (κ2) is 11.3. The normalized spacial score (nSPS) is 17.0. The van der Waals surface area contributed by atoms with Gasteiger partial charge in [-0.05, 0) is 30.6 Å². The molecule has 0 aliphatic carbocycles. The predicted octanol–water partition coefficient (Wildman–Crippen LogP) is 5.39. The van der Waals surface area contributed by atoms with Gasteiger partial charge in [0.1, 0.15) is 6.10 Å². The molecule has 0 spiro atoms. The summed E-state index contributed by atoms with van der Waals surface area (Å²) in [5, 5.41) is 0. The lowest BCUT2D eigenvalue weighted by Gasteiger charge is -1.89. The Morgan fingerprint density at radius 2 is 1.60 bits per heavy atom. The Balaban J connectivity index is 0.000000202. The van der Waals surface area contributed by atoms with Crippen LogP contribution in [0, 0.1) is 0 Å². The molecule has 110 valence electrons. The van der Waals surface area contributed by atoms with Gasteiger partial charge >= 0.3 is 0 Å². The summed E-state index contributed by atoms with van der Waals surface area (Å²) in [6, 6.07) is 10.3. The Labute approximate surface area is 123 Å². The first-order valence-electron chi connectivity index (χ1n) is 7.50. The van der Waals surface area contributed by atoms with E-state index >= 15 is 0 Å². The molecule has 0 amide bonds. The van der Waals surface area contributed by atoms with Crippen molar-refractivity contribution in [1.82, 2.24) is 0 Å². The number of epoxide rings is 1. The van der Waals surface area contributed by atoms with Crippen LogP contribution < -0.4 is 0 Å². The molecular weight excluding hydrogens is 248 g/mol. The van der Waals surface area contributed by atoms with Crippen LogP contribution >= 0.6 is 0 Å². The number of hydrogen-bond acceptors (Lipinski definition) is 2. The SMILES string of the molecule is CCCC=COC=CCCC.c1ccc(C2CO2)cc1. The van der Waals surface area contributed by atoms with Crippen LogP contribution in [0.25, 0.3) is 0 Å². The smallest absolute Gasteiger partial charge is 0.106 e. The minimum Gasteiger partial charge on any atom is -0.473 e. The van der Waals surface area contributed by atoms with E-state index in [1.807, 2.05) is 30.4 Å². The van der Waals surface area contributed by atoms with Gasteiger partial charge in [0, 0.05) is 0 Å². The molecule has 0 bridgehead atoms. The highest BCUT2D eigenvalue weighted by Gasteiger charge is 2.23. The average molecular weight is 274 g/mol. The van der Waals surface area contributed by atoms with Gasteiger partial charge in [0.05, 0.1) is 19.1 Å². The van der Waals surface area contributed by atoms with Crippen LogP contribution in [0.15, 0.2) is 55.0 Å². The van der Waals surface area contributed by atoms with Gasteiger partial charge in [-0.15, -0.1) is 0 Å². The fraction of sp³-hybridized carbons (Fsp3) is 0.444. The first kappa shape index (κ1) is 16.5. The van der Waals surface area contributed by atoms with E-state index in [-0.39, 0.29) is 0 Å². The summed E-state index contributed by atoms with van der Waals surface area (Å²) in [5.74, 6) is 0. The molecular formula is C18H26O2. The lowest BCUT2D eigenvalue weighted by atomic mass is 10.2. The summed E-state index contributed by atoms with van der Waals surface area (Å²) in [4.78, 5) is 0. The summed E-state index contributed by atoms with van der Waals surface area (Å²) < 4.78 is 10.2. The summed E-state index contributed by atoms with van der Waals surface area (Å²) >= 11 is 0. The van der Waals surface area contributed by atoms with E-state index in [4.69, 9.17) is 9.47 Å². The van der Waals surface area contributed by atoms with Crippen molar-refractivity contribution in [3.8, 4) is 0 Å². The second-order valence-electron chi connectivity index (χ2n) is 4.69. The van der Waals surface area contributed by atoms with E-state index in [0.717, 1.165) is 19.4 Å². The van der Waals surface area contributed by atoms with E-state index in [1.54, 1.807) is 12.5 Å². The highest BCUT2D eigenvalue weighted by Crippen LogP contribution is 2.28. The summed E-state index contributed by atoms with van der Waals surface area (Å²) in [7, 11) is 0. The molecule has 1 aromatic carbocycles. The third kappa shape index (κ3) is 8.54. The Hall–Kier alpha value is -1.54. The maximum absolute atomic E-state index is 5.09. The first-order valence-corrected chi connectivity index (χ1v) is 7.50. The Morgan fingerprint density at radius 1 is 1.05 bits per heavy atom. The first-order chi connectivity index (χ1) is 9.88. The molecule has 2 rings (SSSR count). The van der Waals surface area contributed by atoms with Gasteiger partial charge in [0.25, 0.3) is 0 Å². The minimum atomic E-state index is 0.409. The predicted molar refractivity (Wildman–Crippen MR) is 84.3 cm³/mol. The van der Waals surface area contributed by atoms with E-state index in [1.165, 1.54) is 18.4 Å². The topological polar surface area (TPSA) is 21.8 Å². The molecule has 1 aliphatic rings. The number of allylic oxidation sites excluding steroid dienone is 2. The van der Waals surface area contributed by atoms with Crippen LogP contribution in [0.5, 0.6) is 0 Å². The molecule has 0 N–H and O–H groups in total. The molecule has 1 unspecified atom stereocenters. The fourth-order valence-electron chi connectivity index (χ4n) is 1.53. The van der Waals surface area contributed by atoms with Crippen molar-refractivity contribution >= 4 is 0 Å². The summed E-state index contributed by atoms with van der Waals surface area (Å²) in [6.07, 6.45) is 12.5. The van der Waals surface area contributed by atoms with Gasteiger partial charge in [-0.3, -0.25) is 0 Å². The molecule has 1 fully saturated rings. The van der Waals surface area contributed by atoms with Crippen LogP contribution in [-0.2, 0) is 9.47 Å². The molecule has 1 aromatic rings. The quantitative estimate of drug-likeness (QED) is 0.491. The van der Waals surface area contributed by atoms with Crippen molar-refractivity contribution in [3.05, 3.63) is 60.6 Å². The van der Waals surface area contributed by atoms with Crippen LogP contribution in [0.1, 0.15) is 51.2 Å². The Kier molecular flexibility index (Phi) is 9.33. The number of benzene rings is 1. The molecule has 0 saturated carbocycles. The third-order valence-electron chi connectivity index (χ3n) is 2.76. The number of rotatable bonds is 7. The van der Waals surface area contributed by atoms with Crippen LogP contribution in [-0.4, -0.2) is 6.61 Å². The Morgan fingerprint density at radius 3 is 2.05 bits per heavy atom. The molecule has 1 saturated heterocycles. The molecule has 0 radical (unpaired) electrons. The van der Waals surface area contributed by atoms with Crippen LogP contribution in [0.4, 0.5) is 0 Å². The molecule has 2 heteroatoms. The van der Waals surface area contributed by atoms with Crippen molar-refractivity contribution < 1.29 is 9.47 Å². The number of unbranched alkanes of at least 4 members (excludes halogenated alkanes) is 2. The monoisotopic (exact) mass is 274 g/mol. The summed E-state index contributed by atoms with van der Waals surface area (Å²) in [5.41, 5.74) is 1.30. The van der Waals surface area contributed by atoms with Crippen LogP contribution in [0.3, 0.4) is 0 Å². The third-order valence-corrected chi connectivity index (χ3v) is 2.76.